The van der Waals surface area contributed by atoms with Gasteiger partial charge in [-0.3, -0.25) is 0 Å². The van der Waals surface area contributed by atoms with Gasteiger partial charge in [-0.25, -0.2) is 8.42 Å². The van der Waals surface area contributed by atoms with Gasteiger partial charge in [-0.05, 0) is 31.9 Å². The van der Waals surface area contributed by atoms with Crippen LogP contribution in [0.15, 0.2) is 29.2 Å². The monoisotopic (exact) mass is 411 g/mol. The van der Waals surface area contributed by atoms with Crippen molar-refractivity contribution in [3.05, 3.63) is 29.8 Å². The van der Waals surface area contributed by atoms with E-state index in [2.05, 4.69) is 31.9 Å². The molecule has 1 atom stereocenters. The summed E-state index contributed by atoms with van der Waals surface area (Å²) in [5, 5.41) is 10.5. The Morgan fingerprint density at radius 1 is 1.32 bits per heavy atom. The van der Waals surface area contributed by atoms with E-state index in [1.807, 2.05) is 6.92 Å². The molecule has 1 aromatic carbocycles. The van der Waals surface area contributed by atoms with E-state index in [4.69, 9.17) is 0 Å². The van der Waals surface area contributed by atoms with Gasteiger partial charge in [-0.2, -0.15) is 4.31 Å². The topological polar surface area (TPSA) is 57.6 Å². The fourth-order valence-corrected chi connectivity index (χ4v) is 5.12. The van der Waals surface area contributed by atoms with E-state index in [0.29, 0.717) is 19.4 Å². The van der Waals surface area contributed by atoms with E-state index in [-0.39, 0.29) is 4.90 Å². The number of aliphatic hydroxyl groups is 1. The molecule has 1 heterocycles. The summed E-state index contributed by atoms with van der Waals surface area (Å²) in [6, 6.07) is 6.64. The van der Waals surface area contributed by atoms with Crippen LogP contribution in [0.1, 0.15) is 18.4 Å². The average molecular weight is 413 g/mol. The Bertz CT molecular complexity index is 559. The van der Waals surface area contributed by atoms with Crippen molar-refractivity contribution < 1.29 is 13.5 Å². The second-order valence-electron chi connectivity index (χ2n) is 4.67. The van der Waals surface area contributed by atoms with Crippen LogP contribution in [-0.4, -0.2) is 33.8 Å². The number of halogens is 2. The minimum absolute atomic E-state index is 0.207. The van der Waals surface area contributed by atoms with Gasteiger partial charge in [0, 0.05) is 6.54 Å². The molecule has 2 rings (SSSR count). The van der Waals surface area contributed by atoms with Crippen LogP contribution in [0.3, 0.4) is 0 Å². The zero-order valence-corrected chi connectivity index (χ0v) is 14.4. The normalized spacial score (nSPS) is 25.1. The largest absolute Gasteiger partial charge is 0.373 e. The van der Waals surface area contributed by atoms with Gasteiger partial charge >= 0.3 is 0 Å². The first-order chi connectivity index (χ1) is 8.78. The number of aryl methyl sites for hydroxylation is 1. The molecule has 0 aliphatic carbocycles. The molecule has 1 unspecified atom stereocenters. The highest BCUT2D eigenvalue weighted by Crippen LogP contribution is 2.40. The molecular formula is C12H15Br2NO3S. The smallest absolute Gasteiger partial charge is 0.245 e. The molecule has 1 aliphatic heterocycles. The van der Waals surface area contributed by atoms with Crippen molar-refractivity contribution in [2.24, 2.45) is 0 Å². The summed E-state index contributed by atoms with van der Waals surface area (Å²) in [5.41, 5.74) is -0.432. The molecule has 0 bridgehead atoms. The molecule has 0 saturated carbocycles. The molecule has 1 aliphatic rings. The van der Waals surface area contributed by atoms with E-state index < -0.39 is 19.5 Å². The van der Waals surface area contributed by atoms with Gasteiger partial charge in [-0.1, -0.05) is 49.6 Å². The van der Waals surface area contributed by atoms with Crippen LogP contribution in [-0.2, 0) is 10.0 Å². The van der Waals surface area contributed by atoms with Gasteiger partial charge in [0.2, 0.25) is 10.0 Å². The molecule has 4 nitrogen and oxygen atoms in total. The minimum atomic E-state index is -3.68. The summed E-state index contributed by atoms with van der Waals surface area (Å²) < 4.78 is 25.8. The van der Waals surface area contributed by atoms with Crippen molar-refractivity contribution in [3.8, 4) is 0 Å². The van der Waals surface area contributed by atoms with E-state index in [0.717, 1.165) is 5.56 Å². The van der Waals surface area contributed by atoms with Gasteiger partial charge in [0.05, 0.1) is 4.90 Å². The molecule has 1 aromatic rings. The van der Waals surface area contributed by atoms with Gasteiger partial charge in [0.25, 0.3) is 0 Å². The lowest BCUT2D eigenvalue weighted by atomic mass is 10.2. The maximum Gasteiger partial charge on any atom is 0.245 e. The van der Waals surface area contributed by atoms with E-state index in [1.165, 1.54) is 4.31 Å². The second-order valence-corrected chi connectivity index (χ2v) is 9.60. The highest BCUT2D eigenvalue weighted by Gasteiger charge is 2.50. The molecule has 19 heavy (non-hydrogen) atoms. The second kappa shape index (κ2) is 5.44. The maximum atomic E-state index is 12.6. The number of benzene rings is 1. The average Bonchev–Trinajstić information content (AvgIpc) is 2.74. The predicted molar refractivity (Wildman–Crippen MR) is 80.9 cm³/mol. The van der Waals surface area contributed by atoms with Crippen LogP contribution >= 0.6 is 31.9 Å². The van der Waals surface area contributed by atoms with Crippen LogP contribution in [0.2, 0.25) is 0 Å². The zero-order chi connectivity index (χ0) is 14.3. The van der Waals surface area contributed by atoms with Crippen LogP contribution in [0, 0.1) is 6.92 Å². The van der Waals surface area contributed by atoms with Crippen LogP contribution in [0.25, 0.3) is 0 Å². The van der Waals surface area contributed by atoms with Crippen molar-refractivity contribution in [2.45, 2.75) is 34.1 Å². The number of rotatable bonds is 3. The highest BCUT2D eigenvalue weighted by molar-refractivity contribution is 9.24. The van der Waals surface area contributed by atoms with Gasteiger partial charge in [0.15, 0.2) is 5.72 Å². The highest BCUT2D eigenvalue weighted by atomic mass is 79.9. The van der Waals surface area contributed by atoms with Gasteiger partial charge in [-0.15, -0.1) is 0 Å². The molecule has 1 saturated heterocycles. The lowest BCUT2D eigenvalue weighted by molar-refractivity contribution is -0.0160. The molecule has 0 radical (unpaired) electrons. The van der Waals surface area contributed by atoms with Crippen LogP contribution in [0.5, 0.6) is 0 Å². The van der Waals surface area contributed by atoms with Crippen molar-refractivity contribution in [1.29, 1.82) is 0 Å². The first-order valence-corrected chi connectivity index (χ1v) is 9.15. The Kier molecular flexibility index (Phi) is 4.42. The SMILES string of the molecule is Cc1ccc(S(=O)(=O)N2CCCC2(O)C(Br)Br)cc1. The number of nitrogens with zero attached hydrogens (tertiary/aromatic N) is 1. The van der Waals surface area contributed by atoms with Gasteiger partial charge < -0.3 is 5.11 Å². The Labute approximate surface area is 130 Å². The summed E-state index contributed by atoms with van der Waals surface area (Å²) >= 11 is 6.47. The molecule has 106 valence electrons. The molecule has 0 aromatic heterocycles. The van der Waals surface area contributed by atoms with Gasteiger partial charge in [0.1, 0.15) is 3.74 Å². The molecule has 0 amide bonds. The molecule has 1 fully saturated rings. The number of hydrogen-bond acceptors (Lipinski definition) is 3. The summed E-state index contributed by atoms with van der Waals surface area (Å²) in [5.74, 6) is 0. The zero-order valence-electron chi connectivity index (χ0n) is 10.4. The van der Waals surface area contributed by atoms with Crippen molar-refractivity contribution in [3.63, 3.8) is 0 Å². The fraction of sp³-hybridized carbons (Fsp3) is 0.500. The van der Waals surface area contributed by atoms with E-state index in [1.54, 1.807) is 24.3 Å². The predicted octanol–water partition coefficient (Wildman–Crippen LogP) is 2.58. The molecule has 1 N–H and O–H groups in total. The van der Waals surface area contributed by atoms with Crippen LogP contribution in [0.4, 0.5) is 0 Å². The maximum absolute atomic E-state index is 12.6. The quantitative estimate of drug-likeness (QED) is 0.776. The Morgan fingerprint density at radius 2 is 1.89 bits per heavy atom. The number of alkyl halides is 2. The lowest BCUT2D eigenvalue weighted by Gasteiger charge is -2.34. The standard InChI is InChI=1S/C12H15Br2NO3S/c1-9-3-5-10(6-4-9)19(17,18)15-8-2-7-12(15,16)11(13)14/h3-6,11,16H,2,7-8H2,1H3. The Hall–Kier alpha value is 0.0500. The summed E-state index contributed by atoms with van der Waals surface area (Å²) in [6.45, 7) is 2.22. The Balaban J connectivity index is 2.42. The molecular weight excluding hydrogens is 398 g/mol. The summed E-state index contributed by atoms with van der Waals surface area (Å²) in [7, 11) is -3.68. The Morgan fingerprint density at radius 3 is 2.42 bits per heavy atom. The number of sulfonamides is 1. The third-order valence-electron chi connectivity index (χ3n) is 3.30. The van der Waals surface area contributed by atoms with E-state index >= 15 is 0 Å². The number of hydrogen-bond donors (Lipinski definition) is 1. The summed E-state index contributed by atoms with van der Waals surface area (Å²) in [6.07, 6.45) is 1.04. The van der Waals surface area contributed by atoms with Crippen molar-refractivity contribution in [2.75, 3.05) is 6.54 Å². The van der Waals surface area contributed by atoms with E-state index in [9.17, 15) is 13.5 Å². The molecule has 7 heteroatoms. The third kappa shape index (κ3) is 2.76. The van der Waals surface area contributed by atoms with Crippen LogP contribution < -0.4 is 0 Å². The fourth-order valence-electron chi connectivity index (χ4n) is 2.18. The van der Waals surface area contributed by atoms with Crippen molar-refractivity contribution in [1.82, 2.24) is 4.31 Å². The minimum Gasteiger partial charge on any atom is -0.373 e. The molecule has 0 spiro atoms. The third-order valence-corrected chi connectivity index (χ3v) is 6.71. The lowest BCUT2D eigenvalue weighted by Crippen LogP contribution is -2.51. The first-order valence-electron chi connectivity index (χ1n) is 5.88. The first kappa shape index (κ1) is 15.4. The van der Waals surface area contributed by atoms with Crippen molar-refractivity contribution >= 4 is 41.9 Å². The summed E-state index contributed by atoms with van der Waals surface area (Å²) in [4.78, 5) is 0.207.